The molecule has 4 unspecified atom stereocenters. The molecule has 1 N–H and O–H groups in total. The fraction of sp³-hybridized carbons (Fsp3) is 0.203. The second-order valence-electron chi connectivity index (χ2n) is 20.4. The van der Waals surface area contributed by atoms with Gasteiger partial charge in [0.2, 0.25) is 6.29 Å². The van der Waals surface area contributed by atoms with Crippen molar-refractivity contribution in [2.75, 3.05) is 6.61 Å². The Labute approximate surface area is 506 Å². The van der Waals surface area contributed by atoms with Gasteiger partial charge in [0.25, 0.3) is 0 Å². The monoisotopic (exact) mass is 1170 g/mol. The lowest BCUT2D eigenvalue weighted by molar-refractivity contribution is -0.109. The van der Waals surface area contributed by atoms with E-state index in [1.54, 1.807) is 24.3 Å². The third-order valence-electron chi connectivity index (χ3n) is 14.4. The highest BCUT2D eigenvalue weighted by Gasteiger charge is 2.28. The zero-order valence-corrected chi connectivity index (χ0v) is 50.8. The van der Waals surface area contributed by atoms with Crippen LogP contribution in [0.4, 0.5) is 0 Å². The number of aromatic hydroxyl groups is 1. The Morgan fingerprint density at radius 2 is 0.918 bits per heavy atom. The average molecular weight is 1170 g/mol. The summed E-state index contributed by atoms with van der Waals surface area (Å²) in [5.41, 5.74) is 4.56. The summed E-state index contributed by atoms with van der Waals surface area (Å²) >= 11 is 0. The normalized spacial score (nSPS) is 12.3. The number of hydrogen-bond donors (Lipinski definition) is 1. The van der Waals surface area contributed by atoms with Crippen molar-refractivity contribution in [1.29, 1.82) is 0 Å². The number of esters is 1. The summed E-state index contributed by atoms with van der Waals surface area (Å²) in [7, 11) is -4.76. The van der Waals surface area contributed by atoms with E-state index in [9.17, 15) is 17.8 Å². The summed E-state index contributed by atoms with van der Waals surface area (Å²) in [4.78, 5) is 15.6. The number of rotatable bonds is 20. The van der Waals surface area contributed by atoms with Crippen LogP contribution in [-0.4, -0.2) is 36.9 Å². The van der Waals surface area contributed by atoms with E-state index in [1.807, 2.05) is 91.0 Å². The second kappa shape index (κ2) is 33.1. The summed E-state index contributed by atoms with van der Waals surface area (Å²) in [5, 5.41) is 11.2. The molecule has 0 spiro atoms. The molecule has 10 aromatic rings. The maximum absolute atomic E-state index is 12.1. The van der Waals surface area contributed by atoms with Crippen LogP contribution >= 0.6 is 0 Å². The van der Waals surface area contributed by atoms with Gasteiger partial charge in [-0.3, -0.25) is 0 Å². The van der Waals surface area contributed by atoms with Crippen LogP contribution in [0.15, 0.2) is 280 Å². The van der Waals surface area contributed by atoms with Crippen molar-refractivity contribution in [3.63, 3.8) is 0 Å². The quantitative estimate of drug-likeness (QED) is 0.0260. The van der Waals surface area contributed by atoms with E-state index < -0.39 is 27.3 Å². The standard InChI is InChI=1S/C29H30O3.C18H15S.C17H18O5S.C10H14O/c1-3-22(2)24-16-18-26(19-17-24)32-29(31-20-23-10-5-4-6-11-23)21-30-28-15-9-13-25-12-7-8-14-27(25)28;1-4-10-16(11-5-1)19(17-12-6-2-7-13-17)18-14-8-3-9-15-18;1-3-12(2)13-8-10-14(11-9-13)22-17(18)15-6-4-5-7-16(15)23(19,20)21;1-3-8(2)9-4-6-10(11)7-5-9/h4-19,22,29H,3,20-21H2,1-2H3;1-15H;4-12H,3H2,1-2H3,(H,19,20,21);4-8,11H,3H2,1-2H3/q;+1;;/p-1. The minimum atomic E-state index is -4.74. The van der Waals surface area contributed by atoms with Crippen LogP contribution < -0.4 is 14.2 Å². The first-order valence-corrected chi connectivity index (χ1v) is 31.5. The van der Waals surface area contributed by atoms with Crippen molar-refractivity contribution in [3.8, 4) is 23.0 Å². The van der Waals surface area contributed by atoms with Crippen LogP contribution in [-0.2, 0) is 32.4 Å². The van der Waals surface area contributed by atoms with E-state index in [-0.39, 0.29) is 23.1 Å². The van der Waals surface area contributed by atoms with Crippen molar-refractivity contribution in [2.45, 2.75) is 111 Å². The van der Waals surface area contributed by atoms with Crippen LogP contribution in [0.25, 0.3) is 10.8 Å². The molecule has 0 saturated carbocycles. The van der Waals surface area contributed by atoms with E-state index >= 15 is 0 Å². The molecule has 0 aliphatic heterocycles. The van der Waals surface area contributed by atoms with E-state index in [0.29, 0.717) is 35.9 Å². The predicted molar refractivity (Wildman–Crippen MR) is 343 cm³/mol. The van der Waals surface area contributed by atoms with Crippen molar-refractivity contribution in [3.05, 3.63) is 289 Å². The molecule has 0 aliphatic rings. The number of fused-ring (bicyclic) bond motifs is 1. The van der Waals surface area contributed by atoms with Gasteiger partial charge in [-0.15, -0.1) is 0 Å². The van der Waals surface area contributed by atoms with Gasteiger partial charge in [-0.05, 0) is 156 Å². The molecule has 11 heteroatoms. The zero-order valence-electron chi connectivity index (χ0n) is 49.2. The number of carbonyl (C=O) groups excluding carboxylic acids is 1. The number of benzene rings is 10. The summed E-state index contributed by atoms with van der Waals surface area (Å²) in [6, 6.07) is 84.4. The smallest absolute Gasteiger partial charge is 0.344 e. The van der Waals surface area contributed by atoms with Crippen molar-refractivity contribution < 1.29 is 41.8 Å². The molecule has 85 heavy (non-hydrogen) atoms. The maximum Gasteiger partial charge on any atom is 0.344 e. The maximum atomic E-state index is 12.1. The molecular weight excluding hydrogens is 1100 g/mol. The lowest BCUT2D eigenvalue weighted by Gasteiger charge is -2.21. The van der Waals surface area contributed by atoms with Gasteiger partial charge < -0.3 is 28.6 Å². The van der Waals surface area contributed by atoms with Gasteiger partial charge in [-0.25, -0.2) is 13.2 Å². The number of phenolic OH excluding ortho intramolecular Hbond substituents is 1. The summed E-state index contributed by atoms with van der Waals surface area (Å²) in [6.45, 7) is 13.7. The lowest BCUT2D eigenvalue weighted by atomic mass is 9.99. The fourth-order valence-corrected chi connectivity index (χ4v) is 11.6. The average Bonchev–Trinajstić information content (AvgIpc) is 3.73. The largest absolute Gasteiger partial charge is 0.744 e. The second-order valence-corrected chi connectivity index (χ2v) is 23.7. The summed E-state index contributed by atoms with van der Waals surface area (Å²) < 4.78 is 57.2. The van der Waals surface area contributed by atoms with E-state index in [1.165, 1.54) is 44.0 Å². The Hall–Kier alpha value is -8.45. The van der Waals surface area contributed by atoms with Crippen LogP contribution in [0.3, 0.4) is 0 Å². The molecule has 0 heterocycles. The van der Waals surface area contributed by atoms with Crippen LogP contribution in [0, 0.1) is 0 Å². The highest BCUT2D eigenvalue weighted by molar-refractivity contribution is 7.97. The van der Waals surface area contributed by atoms with E-state index in [2.05, 4.69) is 163 Å². The van der Waals surface area contributed by atoms with Crippen LogP contribution in [0.2, 0.25) is 0 Å². The highest BCUT2D eigenvalue weighted by Crippen LogP contribution is 2.32. The molecule has 0 aliphatic carbocycles. The molecule has 0 radical (unpaired) electrons. The molecule has 9 nitrogen and oxygen atoms in total. The Morgan fingerprint density at radius 1 is 0.494 bits per heavy atom. The van der Waals surface area contributed by atoms with Gasteiger partial charge >= 0.3 is 5.97 Å². The summed E-state index contributed by atoms with van der Waals surface area (Å²) in [5.74, 6) is 2.88. The van der Waals surface area contributed by atoms with Crippen molar-refractivity contribution in [1.82, 2.24) is 0 Å². The van der Waals surface area contributed by atoms with Gasteiger partial charge in [-0.2, -0.15) is 0 Å². The molecule has 4 atom stereocenters. The highest BCUT2D eigenvalue weighted by atomic mass is 32.2. The number of carbonyl (C=O) groups is 1. The van der Waals surface area contributed by atoms with Crippen LogP contribution in [0.5, 0.6) is 23.0 Å². The molecule has 438 valence electrons. The lowest BCUT2D eigenvalue weighted by Crippen LogP contribution is -2.28. The molecule has 0 saturated heterocycles. The molecule has 0 fully saturated rings. The number of hydrogen-bond acceptors (Lipinski definition) is 9. The minimum Gasteiger partial charge on any atom is -0.744 e. The van der Waals surface area contributed by atoms with E-state index in [4.69, 9.17) is 24.1 Å². The van der Waals surface area contributed by atoms with Crippen molar-refractivity contribution >= 4 is 37.8 Å². The third kappa shape index (κ3) is 19.8. The predicted octanol–water partition coefficient (Wildman–Crippen LogP) is 18.4. The zero-order chi connectivity index (χ0) is 60.4. The Morgan fingerprint density at radius 3 is 1.41 bits per heavy atom. The number of ether oxygens (including phenoxy) is 4. The molecule has 0 aromatic heterocycles. The molecule has 10 rings (SSSR count). The van der Waals surface area contributed by atoms with E-state index in [0.717, 1.165) is 58.7 Å². The van der Waals surface area contributed by atoms with Gasteiger partial charge in [0, 0.05) is 5.39 Å². The Bertz CT molecular complexity index is 3560. The fourth-order valence-electron chi connectivity index (χ4n) is 8.85. The molecular formula is C74H76O9S2. The Balaban J connectivity index is 0.000000172. The first-order valence-electron chi connectivity index (χ1n) is 28.8. The minimum absolute atomic E-state index is 0.0146. The first-order chi connectivity index (χ1) is 41.2. The molecule has 0 bridgehead atoms. The van der Waals surface area contributed by atoms with Gasteiger partial charge in [0.15, 0.2) is 21.3 Å². The van der Waals surface area contributed by atoms with Crippen molar-refractivity contribution in [2.24, 2.45) is 0 Å². The topological polar surface area (TPSA) is 131 Å². The van der Waals surface area contributed by atoms with Gasteiger partial charge in [0.1, 0.15) is 33.1 Å². The number of phenols is 1. The summed E-state index contributed by atoms with van der Waals surface area (Å²) in [6.07, 6.45) is 2.71. The molecule has 10 aromatic carbocycles. The molecule has 0 amide bonds. The first kappa shape index (κ1) is 64.1. The van der Waals surface area contributed by atoms with Crippen LogP contribution in [0.1, 0.15) is 111 Å². The van der Waals surface area contributed by atoms with Gasteiger partial charge in [0.05, 0.1) is 28.0 Å². The SMILES string of the molecule is CCC(C)c1ccc(O)cc1.CCC(C)c1ccc(OC(=O)c2ccccc2S(=O)(=O)[O-])cc1.CCC(C)c1ccc(OC(COc2cccc3ccccc23)OCc2ccccc2)cc1.c1ccc([S+](c2ccccc2)c2ccccc2)cc1. The van der Waals surface area contributed by atoms with Gasteiger partial charge in [-0.1, -0.05) is 211 Å². The third-order valence-corrected chi connectivity index (χ3v) is 17.5. The Kier molecular flexibility index (Phi) is 25.0.